The highest BCUT2D eigenvalue weighted by Crippen LogP contribution is 2.22. The van der Waals surface area contributed by atoms with Crippen LogP contribution in [0.2, 0.25) is 0 Å². The Bertz CT molecular complexity index is 716. The molecule has 2 heterocycles. The summed E-state index contributed by atoms with van der Waals surface area (Å²) in [7, 11) is 3.21. The fourth-order valence-electron chi connectivity index (χ4n) is 3.16. The number of hydrogen-bond acceptors (Lipinski definition) is 5. The highest BCUT2D eigenvalue weighted by atomic mass is 16.5. The van der Waals surface area contributed by atoms with Gasteiger partial charge in [-0.05, 0) is 43.1 Å². The van der Waals surface area contributed by atoms with Crippen molar-refractivity contribution < 1.29 is 14.3 Å². The summed E-state index contributed by atoms with van der Waals surface area (Å²) in [6.07, 6.45) is 4.19. The number of rotatable bonds is 7. The Hall–Kier alpha value is -2.54. The first-order valence-electron chi connectivity index (χ1n) is 8.90. The fourth-order valence-corrected chi connectivity index (χ4v) is 3.16. The van der Waals surface area contributed by atoms with Crippen molar-refractivity contribution >= 4 is 5.91 Å². The number of carbonyl (C=O) groups is 1. The molecule has 1 atom stereocenters. The van der Waals surface area contributed by atoms with E-state index in [0.29, 0.717) is 24.0 Å². The molecule has 1 aromatic carbocycles. The predicted octanol–water partition coefficient (Wildman–Crippen LogP) is 1.68. The monoisotopic (exact) mass is 358 g/mol. The molecule has 1 amide bonds. The number of amides is 1. The lowest BCUT2D eigenvalue weighted by Crippen LogP contribution is -2.29. The van der Waals surface area contributed by atoms with E-state index in [0.717, 1.165) is 30.8 Å². The number of hydrogen-bond donors (Lipinski definition) is 2. The predicted molar refractivity (Wildman–Crippen MR) is 98.5 cm³/mol. The van der Waals surface area contributed by atoms with Crippen molar-refractivity contribution in [3.63, 3.8) is 0 Å². The molecule has 7 nitrogen and oxygen atoms in total. The molecular weight excluding hydrogens is 332 g/mol. The van der Waals surface area contributed by atoms with E-state index in [1.807, 2.05) is 24.4 Å². The van der Waals surface area contributed by atoms with Gasteiger partial charge in [0.05, 0.1) is 19.9 Å². The highest BCUT2D eigenvalue weighted by Gasteiger charge is 2.17. The number of nitrogens with one attached hydrogen (secondary N) is 2. The molecule has 26 heavy (non-hydrogen) atoms. The van der Waals surface area contributed by atoms with E-state index in [2.05, 4.69) is 15.7 Å². The van der Waals surface area contributed by atoms with Crippen molar-refractivity contribution in [2.75, 3.05) is 27.3 Å². The minimum absolute atomic E-state index is 0.0804. The second kappa shape index (κ2) is 8.71. The van der Waals surface area contributed by atoms with Crippen LogP contribution in [-0.2, 0) is 17.9 Å². The van der Waals surface area contributed by atoms with Gasteiger partial charge in [-0.25, -0.2) is 0 Å². The molecule has 0 radical (unpaired) electrons. The van der Waals surface area contributed by atoms with Gasteiger partial charge in [0.1, 0.15) is 18.0 Å². The van der Waals surface area contributed by atoms with Gasteiger partial charge in [-0.3, -0.25) is 9.48 Å². The summed E-state index contributed by atoms with van der Waals surface area (Å²) >= 11 is 0. The molecule has 0 aliphatic carbocycles. The largest absolute Gasteiger partial charge is 0.497 e. The quantitative estimate of drug-likeness (QED) is 0.788. The van der Waals surface area contributed by atoms with Crippen LogP contribution in [0, 0.1) is 0 Å². The van der Waals surface area contributed by atoms with Gasteiger partial charge >= 0.3 is 0 Å². The van der Waals surface area contributed by atoms with E-state index in [4.69, 9.17) is 9.47 Å². The molecular formula is C19H26N4O3. The van der Waals surface area contributed by atoms with Crippen LogP contribution in [0.5, 0.6) is 11.5 Å². The summed E-state index contributed by atoms with van der Waals surface area (Å²) in [5.41, 5.74) is 1.98. The zero-order valence-corrected chi connectivity index (χ0v) is 15.3. The van der Waals surface area contributed by atoms with Crippen molar-refractivity contribution in [3.8, 4) is 11.5 Å². The number of nitrogens with zero attached hydrogens (tertiary/aromatic N) is 2. The second-order valence-corrected chi connectivity index (χ2v) is 6.48. The van der Waals surface area contributed by atoms with Gasteiger partial charge in [0.15, 0.2) is 0 Å². The summed E-state index contributed by atoms with van der Waals surface area (Å²) < 4.78 is 12.2. The van der Waals surface area contributed by atoms with Crippen molar-refractivity contribution in [1.29, 1.82) is 0 Å². The molecule has 1 aromatic heterocycles. The third kappa shape index (κ3) is 4.76. The minimum atomic E-state index is -0.0804. The average Bonchev–Trinajstić information content (AvgIpc) is 3.15. The van der Waals surface area contributed by atoms with Crippen molar-refractivity contribution in [1.82, 2.24) is 20.4 Å². The molecule has 1 aliphatic heterocycles. The molecule has 1 aliphatic rings. The summed E-state index contributed by atoms with van der Waals surface area (Å²) in [6, 6.07) is 7.57. The van der Waals surface area contributed by atoms with Crippen molar-refractivity contribution in [2.24, 2.45) is 0 Å². The Balaban J connectivity index is 1.53. The van der Waals surface area contributed by atoms with Gasteiger partial charge in [0.2, 0.25) is 5.91 Å². The van der Waals surface area contributed by atoms with Crippen LogP contribution in [0.15, 0.2) is 30.5 Å². The Labute approximate surface area is 153 Å². The maximum absolute atomic E-state index is 12.2. The van der Waals surface area contributed by atoms with E-state index in [1.165, 1.54) is 6.42 Å². The Morgan fingerprint density at radius 1 is 1.31 bits per heavy atom. The first kappa shape index (κ1) is 18.3. The molecule has 7 heteroatoms. The smallest absolute Gasteiger partial charge is 0.241 e. The van der Waals surface area contributed by atoms with E-state index in [1.54, 1.807) is 25.0 Å². The minimum Gasteiger partial charge on any atom is -0.497 e. The van der Waals surface area contributed by atoms with E-state index in [9.17, 15) is 4.79 Å². The first-order chi connectivity index (χ1) is 12.7. The topological polar surface area (TPSA) is 77.4 Å². The SMILES string of the molecule is COc1cc(CNC(=O)Cn2ccc([C@H]3CCCNC3)n2)cc(OC)c1. The first-order valence-corrected chi connectivity index (χ1v) is 8.90. The fraction of sp³-hybridized carbons (Fsp3) is 0.474. The summed E-state index contributed by atoms with van der Waals surface area (Å²) in [5, 5.41) is 10.9. The lowest BCUT2D eigenvalue weighted by atomic mass is 9.97. The number of benzene rings is 1. The number of methoxy groups -OCH3 is 2. The van der Waals surface area contributed by atoms with Crippen molar-refractivity contribution in [3.05, 3.63) is 41.7 Å². The van der Waals surface area contributed by atoms with Gasteiger partial charge < -0.3 is 20.1 Å². The Morgan fingerprint density at radius 2 is 2.08 bits per heavy atom. The molecule has 2 aromatic rings. The summed E-state index contributed by atoms with van der Waals surface area (Å²) in [5.74, 6) is 1.76. The maximum Gasteiger partial charge on any atom is 0.241 e. The number of piperidine rings is 1. The molecule has 0 bridgehead atoms. The third-order valence-corrected chi connectivity index (χ3v) is 4.58. The van der Waals surface area contributed by atoms with Crippen LogP contribution in [0.4, 0.5) is 0 Å². The van der Waals surface area contributed by atoms with Crippen LogP contribution in [0.25, 0.3) is 0 Å². The van der Waals surface area contributed by atoms with Crippen molar-refractivity contribution in [2.45, 2.75) is 31.8 Å². The van der Waals surface area contributed by atoms with Crippen LogP contribution >= 0.6 is 0 Å². The van der Waals surface area contributed by atoms with Gasteiger partial charge in [-0.1, -0.05) is 0 Å². The molecule has 1 saturated heterocycles. The number of carbonyl (C=O) groups excluding carboxylic acids is 1. The summed E-state index contributed by atoms with van der Waals surface area (Å²) in [4.78, 5) is 12.2. The zero-order valence-electron chi connectivity index (χ0n) is 15.3. The third-order valence-electron chi connectivity index (χ3n) is 4.58. The number of ether oxygens (including phenoxy) is 2. The number of aromatic nitrogens is 2. The van der Waals surface area contributed by atoms with Gasteiger partial charge in [-0.15, -0.1) is 0 Å². The molecule has 3 rings (SSSR count). The Morgan fingerprint density at radius 3 is 2.73 bits per heavy atom. The van der Waals surface area contributed by atoms with Crippen LogP contribution in [0.3, 0.4) is 0 Å². The van der Waals surface area contributed by atoms with Gasteiger partial charge in [0, 0.05) is 31.3 Å². The highest BCUT2D eigenvalue weighted by molar-refractivity contribution is 5.75. The Kier molecular flexibility index (Phi) is 6.12. The van der Waals surface area contributed by atoms with Gasteiger partial charge in [0.25, 0.3) is 0 Å². The molecule has 1 fully saturated rings. The van der Waals surface area contributed by atoms with E-state index in [-0.39, 0.29) is 12.5 Å². The average molecular weight is 358 g/mol. The van der Waals surface area contributed by atoms with Crippen LogP contribution < -0.4 is 20.1 Å². The van der Waals surface area contributed by atoms with Gasteiger partial charge in [-0.2, -0.15) is 5.10 Å². The molecule has 0 saturated carbocycles. The second-order valence-electron chi connectivity index (χ2n) is 6.48. The zero-order chi connectivity index (χ0) is 18.4. The maximum atomic E-state index is 12.2. The van der Waals surface area contributed by atoms with Crippen LogP contribution in [-0.4, -0.2) is 43.0 Å². The molecule has 2 N–H and O–H groups in total. The summed E-state index contributed by atoms with van der Waals surface area (Å²) in [6.45, 7) is 2.66. The standard InChI is InChI=1S/C19H26N4O3/c1-25-16-8-14(9-17(10-16)26-2)11-21-19(24)13-23-7-5-18(22-23)15-4-3-6-20-12-15/h5,7-10,15,20H,3-4,6,11-13H2,1-2H3,(H,21,24)/t15-/m0/s1. The van der Waals surface area contributed by atoms with E-state index >= 15 is 0 Å². The normalized spacial score (nSPS) is 16.9. The molecule has 140 valence electrons. The van der Waals surface area contributed by atoms with Crippen LogP contribution in [0.1, 0.15) is 30.0 Å². The lowest BCUT2D eigenvalue weighted by molar-refractivity contribution is -0.122. The molecule has 0 unspecified atom stereocenters. The lowest BCUT2D eigenvalue weighted by Gasteiger charge is -2.20. The molecule has 0 spiro atoms. The van der Waals surface area contributed by atoms with E-state index < -0.39 is 0 Å².